The molecule has 0 spiro atoms. The predicted molar refractivity (Wildman–Crippen MR) is 48.9 cm³/mol. The van der Waals surface area contributed by atoms with Gasteiger partial charge in [-0.2, -0.15) is 5.10 Å². The molecule has 1 aromatic heterocycles. The van der Waals surface area contributed by atoms with Crippen LogP contribution >= 0.6 is 11.6 Å². The molecule has 0 unspecified atom stereocenters. The van der Waals surface area contributed by atoms with Gasteiger partial charge in [-0.05, 0) is 13.3 Å². The van der Waals surface area contributed by atoms with Gasteiger partial charge in [0.1, 0.15) is 5.15 Å². The van der Waals surface area contributed by atoms with Crippen molar-refractivity contribution in [1.29, 1.82) is 0 Å². The molecule has 0 aliphatic carbocycles. The Kier molecular flexibility index (Phi) is 3.31. The topological polar surface area (TPSA) is 55.1 Å². The second-order valence-electron chi connectivity index (χ2n) is 2.67. The summed E-state index contributed by atoms with van der Waals surface area (Å²) in [7, 11) is 0. The van der Waals surface area contributed by atoms with Crippen LogP contribution < -0.4 is 0 Å². The molecule has 0 radical (unpaired) electrons. The molecule has 0 atom stereocenters. The molecule has 0 amide bonds. The van der Waals surface area contributed by atoms with E-state index in [0.717, 1.165) is 5.56 Å². The molecule has 0 aromatic carbocycles. The van der Waals surface area contributed by atoms with Gasteiger partial charge in [-0.1, -0.05) is 11.6 Å². The first kappa shape index (κ1) is 10.1. The van der Waals surface area contributed by atoms with E-state index in [1.807, 2.05) is 6.92 Å². The number of hydrogen-bond donors (Lipinski definition) is 1. The molecule has 0 fully saturated rings. The maximum atomic E-state index is 10.3. The predicted octanol–water partition coefficient (Wildman–Crippen LogP) is 1.57. The molecule has 1 heterocycles. The summed E-state index contributed by atoms with van der Waals surface area (Å²) in [4.78, 5) is 10.3. The molecule has 4 nitrogen and oxygen atoms in total. The zero-order valence-electron chi connectivity index (χ0n) is 7.33. The summed E-state index contributed by atoms with van der Waals surface area (Å²) in [5.74, 6) is -0.819. The molecule has 13 heavy (non-hydrogen) atoms. The van der Waals surface area contributed by atoms with Gasteiger partial charge in [-0.3, -0.25) is 9.48 Å². The van der Waals surface area contributed by atoms with Crippen LogP contribution in [-0.4, -0.2) is 20.9 Å². The number of carbonyl (C=O) groups is 1. The van der Waals surface area contributed by atoms with Crippen molar-refractivity contribution in [3.05, 3.63) is 16.9 Å². The number of rotatable bonds is 4. The highest BCUT2D eigenvalue weighted by Crippen LogP contribution is 2.16. The fourth-order valence-electron chi connectivity index (χ4n) is 1.04. The van der Waals surface area contributed by atoms with E-state index in [1.54, 1.807) is 10.9 Å². The molecular formula is C8H11ClN2O2. The van der Waals surface area contributed by atoms with Gasteiger partial charge in [-0.15, -0.1) is 0 Å². The van der Waals surface area contributed by atoms with E-state index in [0.29, 0.717) is 18.1 Å². The Bertz CT molecular complexity index is 309. The maximum Gasteiger partial charge on any atom is 0.303 e. The van der Waals surface area contributed by atoms with Crippen molar-refractivity contribution in [1.82, 2.24) is 9.78 Å². The Morgan fingerprint density at radius 1 is 1.77 bits per heavy atom. The molecule has 0 aliphatic heterocycles. The van der Waals surface area contributed by atoms with Crippen LogP contribution in [0.2, 0.25) is 5.15 Å². The third-order valence-corrected chi connectivity index (χ3v) is 2.19. The molecule has 0 aliphatic rings. The van der Waals surface area contributed by atoms with Crippen molar-refractivity contribution in [2.45, 2.75) is 26.3 Å². The zero-order chi connectivity index (χ0) is 9.84. The van der Waals surface area contributed by atoms with E-state index in [4.69, 9.17) is 16.7 Å². The largest absolute Gasteiger partial charge is 0.481 e. The number of halogens is 1. The maximum absolute atomic E-state index is 10.3. The smallest absolute Gasteiger partial charge is 0.303 e. The minimum atomic E-state index is -0.819. The quantitative estimate of drug-likeness (QED) is 0.807. The van der Waals surface area contributed by atoms with Crippen molar-refractivity contribution in [3.8, 4) is 0 Å². The Morgan fingerprint density at radius 2 is 2.46 bits per heavy atom. The second kappa shape index (κ2) is 4.28. The van der Waals surface area contributed by atoms with E-state index in [1.165, 1.54) is 0 Å². The molecule has 72 valence electrons. The van der Waals surface area contributed by atoms with Gasteiger partial charge >= 0.3 is 5.97 Å². The van der Waals surface area contributed by atoms with E-state index in [-0.39, 0.29) is 6.42 Å². The van der Waals surface area contributed by atoms with Gasteiger partial charge in [0, 0.05) is 18.5 Å². The average molecular weight is 203 g/mol. The van der Waals surface area contributed by atoms with Crippen LogP contribution in [0.3, 0.4) is 0 Å². The number of hydrogen-bond acceptors (Lipinski definition) is 2. The summed E-state index contributed by atoms with van der Waals surface area (Å²) in [6.07, 6.45) is 2.15. The first-order chi connectivity index (χ1) is 6.15. The molecule has 0 bridgehead atoms. The van der Waals surface area contributed by atoms with Gasteiger partial charge < -0.3 is 5.11 Å². The highest BCUT2D eigenvalue weighted by Gasteiger charge is 2.08. The Morgan fingerprint density at radius 3 is 2.92 bits per heavy atom. The minimum absolute atomic E-state index is 0.0924. The second-order valence-corrected chi connectivity index (χ2v) is 3.03. The Labute approximate surface area is 81.1 Å². The van der Waals surface area contributed by atoms with Gasteiger partial charge in [-0.25, -0.2) is 0 Å². The van der Waals surface area contributed by atoms with E-state index < -0.39 is 5.97 Å². The molecule has 1 N–H and O–H groups in total. The lowest BCUT2D eigenvalue weighted by atomic mass is 10.2. The number of nitrogens with zero attached hydrogens (tertiary/aromatic N) is 2. The van der Waals surface area contributed by atoms with E-state index >= 15 is 0 Å². The van der Waals surface area contributed by atoms with Crippen LogP contribution in [0.15, 0.2) is 6.20 Å². The summed E-state index contributed by atoms with van der Waals surface area (Å²) in [5.41, 5.74) is 0.797. The highest BCUT2D eigenvalue weighted by molar-refractivity contribution is 6.30. The van der Waals surface area contributed by atoms with Gasteiger partial charge in [0.05, 0.1) is 6.20 Å². The van der Waals surface area contributed by atoms with Gasteiger partial charge in [0.25, 0.3) is 0 Å². The third kappa shape index (κ3) is 2.45. The molecule has 0 saturated heterocycles. The van der Waals surface area contributed by atoms with Gasteiger partial charge in [0.15, 0.2) is 0 Å². The number of aromatic nitrogens is 2. The summed E-state index contributed by atoms with van der Waals surface area (Å²) in [6.45, 7) is 2.63. The standard InChI is InChI=1S/C8H11ClN2O2/c1-2-11-8(9)6(5-10-11)3-4-7(12)13/h5H,2-4H2,1H3,(H,12,13). The Balaban J connectivity index is 2.67. The lowest BCUT2D eigenvalue weighted by molar-refractivity contribution is -0.136. The fourth-order valence-corrected chi connectivity index (χ4v) is 1.35. The Hall–Kier alpha value is -1.03. The minimum Gasteiger partial charge on any atom is -0.481 e. The van der Waals surface area contributed by atoms with Crippen LogP contribution in [0.4, 0.5) is 0 Å². The van der Waals surface area contributed by atoms with Crippen LogP contribution in [0, 0.1) is 0 Å². The van der Waals surface area contributed by atoms with Crippen molar-refractivity contribution >= 4 is 17.6 Å². The first-order valence-electron chi connectivity index (χ1n) is 4.07. The zero-order valence-corrected chi connectivity index (χ0v) is 8.08. The number of aryl methyl sites for hydroxylation is 2. The van der Waals surface area contributed by atoms with Crippen LogP contribution in [0.25, 0.3) is 0 Å². The molecule has 1 rings (SSSR count). The monoisotopic (exact) mass is 202 g/mol. The molecule has 0 saturated carbocycles. The van der Waals surface area contributed by atoms with E-state index in [2.05, 4.69) is 5.10 Å². The van der Waals surface area contributed by atoms with Crippen LogP contribution in [-0.2, 0) is 17.8 Å². The average Bonchev–Trinajstić information content (AvgIpc) is 2.43. The third-order valence-electron chi connectivity index (χ3n) is 1.75. The lowest BCUT2D eigenvalue weighted by Gasteiger charge is -1.98. The van der Waals surface area contributed by atoms with Crippen molar-refractivity contribution in [2.75, 3.05) is 0 Å². The van der Waals surface area contributed by atoms with Crippen molar-refractivity contribution < 1.29 is 9.90 Å². The molecule has 1 aromatic rings. The van der Waals surface area contributed by atoms with Crippen LogP contribution in [0.5, 0.6) is 0 Å². The SMILES string of the molecule is CCn1ncc(CCC(=O)O)c1Cl. The fraction of sp³-hybridized carbons (Fsp3) is 0.500. The summed E-state index contributed by atoms with van der Waals surface area (Å²) in [5, 5.41) is 13.0. The highest BCUT2D eigenvalue weighted by atomic mass is 35.5. The normalized spacial score (nSPS) is 10.3. The summed E-state index contributed by atoms with van der Waals surface area (Å²) >= 11 is 5.92. The lowest BCUT2D eigenvalue weighted by Crippen LogP contribution is -1.98. The first-order valence-corrected chi connectivity index (χ1v) is 4.45. The van der Waals surface area contributed by atoms with Crippen LogP contribution in [0.1, 0.15) is 18.9 Å². The van der Waals surface area contributed by atoms with Crippen molar-refractivity contribution in [2.24, 2.45) is 0 Å². The van der Waals surface area contributed by atoms with Gasteiger partial charge in [0.2, 0.25) is 0 Å². The summed E-state index contributed by atoms with van der Waals surface area (Å²) < 4.78 is 1.64. The molecule has 5 heteroatoms. The van der Waals surface area contributed by atoms with Crippen molar-refractivity contribution in [3.63, 3.8) is 0 Å². The molecular weight excluding hydrogens is 192 g/mol. The number of aliphatic carboxylic acids is 1. The number of carboxylic acids is 1. The number of carboxylic acid groups (broad SMARTS) is 1. The summed E-state index contributed by atoms with van der Waals surface area (Å²) in [6, 6.07) is 0. The van der Waals surface area contributed by atoms with E-state index in [9.17, 15) is 4.79 Å².